The number of aliphatic hydroxyl groups is 1. The van der Waals surface area contributed by atoms with E-state index in [1.165, 1.54) is 51.4 Å². The van der Waals surface area contributed by atoms with Crippen LogP contribution in [-0.2, 0) is 0 Å². The zero-order chi connectivity index (χ0) is 22.0. The molecule has 0 amide bonds. The smallest absolute Gasteiger partial charge is 0.194 e. The predicted octanol–water partition coefficient (Wildman–Crippen LogP) is 6.85. The number of hydrogen-bond donors (Lipinski definition) is 1. The van der Waals surface area contributed by atoms with Crippen LogP contribution >= 0.6 is 0 Å². The fourth-order valence-electron chi connectivity index (χ4n) is 9.51. The van der Waals surface area contributed by atoms with Crippen LogP contribution in [0.2, 0.25) is 0 Å². The van der Waals surface area contributed by atoms with Crippen LogP contribution < -0.4 is 0 Å². The van der Waals surface area contributed by atoms with E-state index < -0.39 is 0 Å². The topological polar surface area (TPSA) is 45.0 Å². The van der Waals surface area contributed by atoms with Gasteiger partial charge < -0.3 is 5.11 Å². The maximum atomic E-state index is 10.4. The second-order valence-electron chi connectivity index (χ2n) is 12.9. The third kappa shape index (κ3) is 3.34. The summed E-state index contributed by atoms with van der Waals surface area (Å²) in [5.74, 6) is 7.73. The van der Waals surface area contributed by atoms with E-state index >= 15 is 0 Å². The van der Waals surface area contributed by atoms with Gasteiger partial charge in [-0.05, 0) is 91.8 Å². The van der Waals surface area contributed by atoms with Crippen molar-refractivity contribution in [2.75, 3.05) is 0 Å². The molecular formula is C28H44N2O. The molecule has 4 aliphatic carbocycles. The summed E-state index contributed by atoms with van der Waals surface area (Å²) in [7, 11) is 0. The van der Waals surface area contributed by atoms with Gasteiger partial charge in [-0.2, -0.15) is 10.2 Å². The summed E-state index contributed by atoms with van der Waals surface area (Å²) in [6.07, 6.45) is 19.1. The number of hydrogen-bond acceptors (Lipinski definition) is 3. The summed E-state index contributed by atoms with van der Waals surface area (Å²) in [5, 5.41) is 20.0. The summed E-state index contributed by atoms with van der Waals surface area (Å²) in [6, 6.07) is 0. The molecule has 4 saturated carbocycles. The van der Waals surface area contributed by atoms with Gasteiger partial charge in [-0.15, -0.1) is 12.3 Å². The van der Waals surface area contributed by atoms with Crippen molar-refractivity contribution < 1.29 is 5.11 Å². The van der Waals surface area contributed by atoms with Crippen molar-refractivity contribution in [2.24, 2.45) is 62.5 Å². The van der Waals surface area contributed by atoms with Gasteiger partial charge in [0.05, 0.1) is 6.10 Å². The van der Waals surface area contributed by atoms with Crippen molar-refractivity contribution in [1.82, 2.24) is 0 Å². The molecule has 4 fully saturated rings. The Morgan fingerprint density at radius 2 is 1.71 bits per heavy atom. The second-order valence-corrected chi connectivity index (χ2v) is 12.9. The molecule has 10 atom stereocenters. The van der Waals surface area contributed by atoms with Gasteiger partial charge in [0.15, 0.2) is 5.66 Å². The van der Waals surface area contributed by atoms with Crippen LogP contribution in [0.5, 0.6) is 0 Å². The molecule has 1 unspecified atom stereocenters. The van der Waals surface area contributed by atoms with E-state index in [1.54, 1.807) is 0 Å². The highest BCUT2D eigenvalue weighted by Crippen LogP contribution is 2.72. The van der Waals surface area contributed by atoms with Gasteiger partial charge in [-0.25, -0.2) is 0 Å². The average Bonchev–Trinajstić information content (AvgIpc) is 3.41. The van der Waals surface area contributed by atoms with Gasteiger partial charge in [0, 0.05) is 18.3 Å². The molecule has 5 rings (SSSR count). The van der Waals surface area contributed by atoms with Crippen molar-refractivity contribution in [1.29, 1.82) is 0 Å². The lowest BCUT2D eigenvalue weighted by atomic mass is 9.42. The van der Waals surface area contributed by atoms with E-state index in [1.807, 2.05) is 0 Å². The highest BCUT2D eigenvalue weighted by Gasteiger charge is 2.70. The Hall–Kier alpha value is -0.880. The molecule has 3 nitrogen and oxygen atoms in total. The van der Waals surface area contributed by atoms with Crippen molar-refractivity contribution in [2.45, 2.75) is 110 Å². The van der Waals surface area contributed by atoms with Gasteiger partial charge in [-0.3, -0.25) is 0 Å². The van der Waals surface area contributed by atoms with Crippen LogP contribution in [0, 0.1) is 64.6 Å². The zero-order valence-electron chi connectivity index (χ0n) is 20.3. The maximum Gasteiger partial charge on any atom is 0.194 e. The molecule has 0 aromatic rings. The van der Waals surface area contributed by atoms with Gasteiger partial charge >= 0.3 is 0 Å². The lowest BCUT2D eigenvalue weighted by Crippen LogP contribution is -2.60. The first-order valence-electron chi connectivity index (χ1n) is 13.3. The van der Waals surface area contributed by atoms with E-state index in [9.17, 15) is 5.11 Å². The maximum absolute atomic E-state index is 10.4. The van der Waals surface area contributed by atoms with Crippen LogP contribution in [-0.4, -0.2) is 16.9 Å². The first kappa shape index (κ1) is 21.9. The largest absolute Gasteiger partial charge is 0.393 e. The quantitative estimate of drug-likeness (QED) is 0.482. The Kier molecular flexibility index (Phi) is 5.36. The molecule has 1 heterocycles. The van der Waals surface area contributed by atoms with Gasteiger partial charge in [-0.1, -0.05) is 40.5 Å². The molecule has 1 N–H and O–H groups in total. The summed E-state index contributed by atoms with van der Waals surface area (Å²) in [4.78, 5) is 0. The van der Waals surface area contributed by atoms with E-state index in [-0.39, 0.29) is 11.8 Å². The molecule has 1 aliphatic heterocycles. The third-order valence-corrected chi connectivity index (χ3v) is 11.4. The molecule has 0 bridgehead atoms. The predicted molar refractivity (Wildman–Crippen MR) is 125 cm³/mol. The second kappa shape index (κ2) is 7.58. The van der Waals surface area contributed by atoms with Crippen molar-refractivity contribution in [3.8, 4) is 12.3 Å². The van der Waals surface area contributed by atoms with Crippen molar-refractivity contribution in [3.63, 3.8) is 0 Å². The standard InChI is InChI=1S/C28H44N2O/c1-6-18(2)8-7-9-19(3)22-10-11-23-25-24(13-15-27(22,23)5)26(4)14-12-21(31)16-20(26)17-28(25)29-30-28/h1,18-25,31H,7-17H2,2-5H3/t18?,19-,20-,21+,22-,23+,24+,25+,26+,27-/m1/s1. The van der Waals surface area contributed by atoms with Crippen LogP contribution in [0.25, 0.3) is 0 Å². The lowest BCUT2D eigenvalue weighted by molar-refractivity contribution is -0.146. The van der Waals surface area contributed by atoms with Crippen molar-refractivity contribution >= 4 is 0 Å². The Bertz CT molecular complexity index is 763. The molecule has 1 spiro atoms. The highest BCUT2D eigenvalue weighted by atomic mass is 16.3. The van der Waals surface area contributed by atoms with E-state index in [0.717, 1.165) is 42.9 Å². The summed E-state index contributed by atoms with van der Waals surface area (Å²) >= 11 is 0. The Morgan fingerprint density at radius 1 is 1.00 bits per heavy atom. The molecule has 0 radical (unpaired) electrons. The van der Waals surface area contributed by atoms with Crippen molar-refractivity contribution in [3.05, 3.63) is 0 Å². The Balaban J connectivity index is 1.35. The lowest BCUT2D eigenvalue weighted by Gasteiger charge is -2.62. The minimum atomic E-state index is -0.104. The first-order chi connectivity index (χ1) is 14.7. The molecule has 5 aliphatic rings. The number of fused-ring (bicyclic) bond motifs is 6. The normalized spacial score (nSPS) is 48.9. The summed E-state index contributed by atoms with van der Waals surface area (Å²) in [6.45, 7) is 9.91. The Labute approximate surface area is 190 Å². The molecule has 3 heteroatoms. The van der Waals surface area contributed by atoms with Crippen LogP contribution in [0.4, 0.5) is 0 Å². The van der Waals surface area contributed by atoms with Gasteiger partial charge in [0.25, 0.3) is 0 Å². The van der Waals surface area contributed by atoms with E-state index in [2.05, 4.69) is 33.6 Å². The van der Waals surface area contributed by atoms with E-state index in [0.29, 0.717) is 28.6 Å². The fraction of sp³-hybridized carbons (Fsp3) is 0.929. The molecule has 0 aromatic heterocycles. The number of rotatable bonds is 5. The average molecular weight is 425 g/mol. The summed E-state index contributed by atoms with van der Waals surface area (Å²) < 4.78 is 0. The molecule has 0 saturated heterocycles. The van der Waals surface area contributed by atoms with Crippen LogP contribution in [0.1, 0.15) is 98.3 Å². The van der Waals surface area contributed by atoms with E-state index in [4.69, 9.17) is 16.7 Å². The number of nitrogens with zero attached hydrogens (tertiary/aromatic N) is 2. The van der Waals surface area contributed by atoms with Gasteiger partial charge in [0.2, 0.25) is 0 Å². The first-order valence-corrected chi connectivity index (χ1v) is 13.3. The van der Waals surface area contributed by atoms with Crippen LogP contribution in [0.3, 0.4) is 0 Å². The number of terminal acetylenes is 1. The number of aliphatic hydroxyl groups excluding tert-OH is 1. The minimum absolute atomic E-state index is 0.0847. The highest BCUT2D eigenvalue weighted by molar-refractivity contribution is 5.19. The Morgan fingerprint density at radius 3 is 2.42 bits per heavy atom. The fourth-order valence-corrected chi connectivity index (χ4v) is 9.51. The van der Waals surface area contributed by atoms with Crippen LogP contribution in [0.15, 0.2) is 10.2 Å². The minimum Gasteiger partial charge on any atom is -0.393 e. The van der Waals surface area contributed by atoms with Gasteiger partial charge in [0.1, 0.15) is 0 Å². The SMILES string of the molecule is C#CC(C)CCC[C@@H](C)[C@H]1CC[C@H]2[C@H]3[C@H](CC[C@]12C)[C@@]1(C)CC[C@H](O)C[C@@H]1CC31N=N1. The molecular weight excluding hydrogens is 380 g/mol. The zero-order valence-corrected chi connectivity index (χ0v) is 20.3. The molecule has 172 valence electrons. The molecule has 0 aromatic carbocycles. The molecule has 31 heavy (non-hydrogen) atoms. The monoisotopic (exact) mass is 424 g/mol. The third-order valence-electron chi connectivity index (χ3n) is 11.4. The summed E-state index contributed by atoms with van der Waals surface area (Å²) in [5.41, 5.74) is 0.758.